The molecule has 0 amide bonds. The molecule has 1 aromatic carbocycles. The predicted molar refractivity (Wildman–Crippen MR) is 38.0 cm³/mol. The van der Waals surface area contributed by atoms with E-state index in [1.165, 1.54) is 0 Å². The molecule has 0 spiro atoms. The van der Waals surface area contributed by atoms with E-state index < -0.39 is 28.4 Å². The number of nitro groups is 1. The lowest BCUT2D eigenvalue weighted by Crippen LogP contribution is -1.94. The van der Waals surface area contributed by atoms with Crippen molar-refractivity contribution in [3.8, 4) is 0 Å². The van der Waals surface area contributed by atoms with Gasteiger partial charge in [0.05, 0.1) is 16.6 Å². The Labute approximate surface area is 70.9 Å². The first-order chi connectivity index (χ1) is 6.02. The number of rotatable bonds is 2. The molecule has 0 radical (unpaired) electrons. The average molecular weight is 191 g/mol. The zero-order valence-electron chi connectivity index (χ0n) is 6.21. The SMILES string of the molecule is O=[N+]([O-])c1ccc(C(F)F)c(F)c1. The van der Waals surface area contributed by atoms with Gasteiger partial charge in [-0.1, -0.05) is 0 Å². The van der Waals surface area contributed by atoms with Crippen LogP contribution in [-0.4, -0.2) is 4.92 Å². The van der Waals surface area contributed by atoms with E-state index in [9.17, 15) is 23.3 Å². The van der Waals surface area contributed by atoms with E-state index in [1.54, 1.807) is 0 Å². The Kier molecular flexibility index (Phi) is 2.50. The Morgan fingerprint density at radius 2 is 2.00 bits per heavy atom. The maximum absolute atomic E-state index is 12.7. The molecule has 0 heterocycles. The van der Waals surface area contributed by atoms with Crippen LogP contribution in [0.25, 0.3) is 0 Å². The summed E-state index contributed by atoms with van der Waals surface area (Å²) in [5.41, 5.74) is -1.37. The van der Waals surface area contributed by atoms with Gasteiger partial charge in [0.2, 0.25) is 0 Å². The molecular weight excluding hydrogens is 187 g/mol. The van der Waals surface area contributed by atoms with Gasteiger partial charge in [-0.05, 0) is 6.07 Å². The number of hydrogen-bond acceptors (Lipinski definition) is 2. The average Bonchev–Trinajstić information content (AvgIpc) is 2.03. The standard InChI is InChI=1S/C7H4F3NO2/c8-6-3-4(11(12)13)1-2-5(6)7(9)10/h1-3,7H. The zero-order valence-corrected chi connectivity index (χ0v) is 6.21. The number of nitro benzene ring substituents is 1. The summed E-state index contributed by atoms with van der Waals surface area (Å²) >= 11 is 0. The fourth-order valence-electron chi connectivity index (χ4n) is 0.807. The molecular formula is C7H4F3NO2. The zero-order chi connectivity index (χ0) is 10.0. The fraction of sp³-hybridized carbons (Fsp3) is 0.143. The fourth-order valence-corrected chi connectivity index (χ4v) is 0.807. The van der Waals surface area contributed by atoms with E-state index in [0.717, 1.165) is 6.07 Å². The minimum atomic E-state index is -2.96. The summed E-state index contributed by atoms with van der Waals surface area (Å²) in [5, 5.41) is 10.1. The first-order valence-corrected chi connectivity index (χ1v) is 3.24. The summed E-state index contributed by atoms with van der Waals surface area (Å²) < 4.78 is 36.6. The van der Waals surface area contributed by atoms with Crippen molar-refractivity contribution in [1.82, 2.24) is 0 Å². The van der Waals surface area contributed by atoms with E-state index in [1.807, 2.05) is 0 Å². The van der Waals surface area contributed by atoms with Crippen LogP contribution in [0.5, 0.6) is 0 Å². The van der Waals surface area contributed by atoms with Gasteiger partial charge in [-0.2, -0.15) is 0 Å². The Balaban J connectivity index is 3.13. The van der Waals surface area contributed by atoms with Crippen molar-refractivity contribution in [2.75, 3.05) is 0 Å². The summed E-state index contributed by atoms with van der Waals surface area (Å²) in [4.78, 5) is 9.24. The van der Waals surface area contributed by atoms with Crippen molar-refractivity contribution < 1.29 is 18.1 Å². The number of non-ortho nitro benzene ring substituents is 1. The minimum absolute atomic E-state index is 0.474. The molecule has 0 saturated carbocycles. The highest BCUT2D eigenvalue weighted by Crippen LogP contribution is 2.24. The number of alkyl halides is 2. The van der Waals surface area contributed by atoms with Crippen LogP contribution in [0.15, 0.2) is 18.2 Å². The van der Waals surface area contributed by atoms with Crippen LogP contribution in [0.3, 0.4) is 0 Å². The molecule has 0 aliphatic rings. The molecule has 0 saturated heterocycles. The molecule has 0 aliphatic heterocycles. The quantitative estimate of drug-likeness (QED) is 0.532. The number of halogens is 3. The molecule has 13 heavy (non-hydrogen) atoms. The molecule has 70 valence electrons. The van der Waals surface area contributed by atoms with Gasteiger partial charge >= 0.3 is 0 Å². The molecule has 0 atom stereocenters. The van der Waals surface area contributed by atoms with E-state index in [2.05, 4.69) is 0 Å². The number of nitrogens with zero attached hydrogens (tertiary/aromatic N) is 1. The van der Waals surface area contributed by atoms with Gasteiger partial charge in [0.1, 0.15) is 5.82 Å². The van der Waals surface area contributed by atoms with E-state index in [0.29, 0.717) is 12.1 Å². The summed E-state index contributed by atoms with van der Waals surface area (Å²) in [6, 6.07) is 2.02. The molecule has 1 aromatic rings. The summed E-state index contributed by atoms with van der Waals surface area (Å²) in [6.07, 6.45) is -2.96. The third-order valence-electron chi connectivity index (χ3n) is 1.43. The lowest BCUT2D eigenvalue weighted by atomic mass is 10.2. The van der Waals surface area contributed by atoms with Crippen LogP contribution in [0, 0.1) is 15.9 Å². The molecule has 3 nitrogen and oxygen atoms in total. The van der Waals surface area contributed by atoms with E-state index in [4.69, 9.17) is 0 Å². The van der Waals surface area contributed by atoms with E-state index >= 15 is 0 Å². The van der Waals surface area contributed by atoms with Crippen molar-refractivity contribution in [2.24, 2.45) is 0 Å². The molecule has 0 fully saturated rings. The van der Waals surface area contributed by atoms with Crippen LogP contribution in [-0.2, 0) is 0 Å². The van der Waals surface area contributed by atoms with Crippen LogP contribution in [0.2, 0.25) is 0 Å². The van der Waals surface area contributed by atoms with Crippen molar-refractivity contribution in [3.05, 3.63) is 39.7 Å². The second-order valence-electron chi connectivity index (χ2n) is 2.26. The summed E-state index contributed by atoms with van der Waals surface area (Å²) in [6.45, 7) is 0. The van der Waals surface area contributed by atoms with E-state index in [-0.39, 0.29) is 0 Å². The second-order valence-corrected chi connectivity index (χ2v) is 2.26. The summed E-state index contributed by atoms with van der Waals surface area (Å²) in [5.74, 6) is -1.26. The largest absolute Gasteiger partial charge is 0.272 e. The van der Waals surface area contributed by atoms with Crippen LogP contribution in [0.1, 0.15) is 12.0 Å². The van der Waals surface area contributed by atoms with Gasteiger partial charge < -0.3 is 0 Å². The molecule has 0 bridgehead atoms. The third-order valence-corrected chi connectivity index (χ3v) is 1.43. The first-order valence-electron chi connectivity index (χ1n) is 3.24. The lowest BCUT2D eigenvalue weighted by molar-refractivity contribution is -0.385. The van der Waals surface area contributed by atoms with Crippen molar-refractivity contribution in [2.45, 2.75) is 6.43 Å². The second kappa shape index (κ2) is 3.42. The van der Waals surface area contributed by atoms with Gasteiger partial charge in [0.15, 0.2) is 0 Å². The molecule has 0 aliphatic carbocycles. The Morgan fingerprint density at radius 1 is 1.38 bits per heavy atom. The normalized spacial score (nSPS) is 10.5. The Bertz CT molecular complexity index is 341. The number of benzene rings is 1. The predicted octanol–water partition coefficient (Wildman–Crippen LogP) is 2.67. The van der Waals surface area contributed by atoms with Crippen molar-refractivity contribution in [3.63, 3.8) is 0 Å². The van der Waals surface area contributed by atoms with Crippen molar-refractivity contribution in [1.29, 1.82) is 0 Å². The Hall–Kier alpha value is -1.59. The molecule has 0 unspecified atom stereocenters. The third kappa shape index (κ3) is 1.95. The molecule has 0 aromatic heterocycles. The molecule has 6 heteroatoms. The van der Waals surface area contributed by atoms with Gasteiger partial charge in [-0.3, -0.25) is 10.1 Å². The topological polar surface area (TPSA) is 43.1 Å². The highest BCUT2D eigenvalue weighted by molar-refractivity contribution is 5.34. The highest BCUT2D eigenvalue weighted by atomic mass is 19.3. The van der Waals surface area contributed by atoms with Gasteiger partial charge in [-0.15, -0.1) is 0 Å². The van der Waals surface area contributed by atoms with Crippen LogP contribution < -0.4 is 0 Å². The molecule has 0 N–H and O–H groups in total. The van der Waals surface area contributed by atoms with Crippen LogP contribution in [0.4, 0.5) is 18.9 Å². The van der Waals surface area contributed by atoms with Gasteiger partial charge in [0.25, 0.3) is 12.1 Å². The maximum atomic E-state index is 12.7. The Morgan fingerprint density at radius 3 is 2.38 bits per heavy atom. The van der Waals surface area contributed by atoms with Gasteiger partial charge in [-0.25, -0.2) is 13.2 Å². The number of hydrogen-bond donors (Lipinski definition) is 0. The highest BCUT2D eigenvalue weighted by Gasteiger charge is 2.16. The monoisotopic (exact) mass is 191 g/mol. The van der Waals surface area contributed by atoms with Gasteiger partial charge in [0, 0.05) is 6.07 Å². The molecule has 1 rings (SSSR count). The minimum Gasteiger partial charge on any atom is -0.258 e. The first kappa shape index (κ1) is 9.50. The van der Waals surface area contributed by atoms with Crippen molar-refractivity contribution >= 4 is 5.69 Å². The summed E-state index contributed by atoms with van der Waals surface area (Å²) in [7, 11) is 0. The van der Waals surface area contributed by atoms with Crippen LogP contribution >= 0.6 is 0 Å². The smallest absolute Gasteiger partial charge is 0.258 e. The lowest BCUT2D eigenvalue weighted by Gasteiger charge is -1.99. The maximum Gasteiger partial charge on any atom is 0.272 e.